The van der Waals surface area contributed by atoms with E-state index in [2.05, 4.69) is 9.97 Å². The summed E-state index contributed by atoms with van der Waals surface area (Å²) in [5, 5.41) is 9.47. The molecule has 0 unspecified atom stereocenters. The molecule has 0 amide bonds. The van der Waals surface area contributed by atoms with E-state index in [4.69, 9.17) is 22.7 Å². The van der Waals surface area contributed by atoms with Crippen molar-refractivity contribution in [2.75, 3.05) is 0 Å². The first kappa shape index (κ1) is 11.9. The van der Waals surface area contributed by atoms with Crippen molar-refractivity contribution in [3.05, 3.63) is 47.2 Å². The van der Waals surface area contributed by atoms with Gasteiger partial charge in [-0.1, -0.05) is 23.4 Å². The Labute approximate surface area is 108 Å². The van der Waals surface area contributed by atoms with E-state index >= 15 is 0 Å². The highest BCUT2D eigenvalue weighted by molar-refractivity contribution is 7.99. The fourth-order valence-electron chi connectivity index (χ4n) is 1.13. The van der Waals surface area contributed by atoms with Gasteiger partial charge in [-0.2, -0.15) is 0 Å². The van der Waals surface area contributed by atoms with Crippen molar-refractivity contribution in [1.29, 1.82) is 5.41 Å². The summed E-state index contributed by atoms with van der Waals surface area (Å²) < 4.78 is 0. The van der Waals surface area contributed by atoms with Crippen molar-refractivity contribution in [1.82, 2.24) is 9.97 Å². The Hall–Kier alpha value is -1.59. The summed E-state index contributed by atoms with van der Waals surface area (Å²) >= 11 is 7.17. The Morgan fingerprint density at radius 2 is 1.76 bits per heavy atom. The summed E-state index contributed by atoms with van der Waals surface area (Å²) in [5.74, 6) is 0.0127. The summed E-state index contributed by atoms with van der Waals surface area (Å²) in [7, 11) is 0. The first-order chi connectivity index (χ1) is 8.15. The second-order valence-electron chi connectivity index (χ2n) is 3.22. The maximum absolute atomic E-state index is 7.25. The van der Waals surface area contributed by atoms with Crippen LogP contribution in [0.15, 0.2) is 46.7 Å². The van der Waals surface area contributed by atoms with Crippen LogP contribution in [0.4, 0.5) is 0 Å². The van der Waals surface area contributed by atoms with E-state index in [0.29, 0.717) is 10.6 Å². The van der Waals surface area contributed by atoms with Gasteiger partial charge in [0, 0.05) is 18.0 Å². The predicted octanol–water partition coefficient (Wildman–Crippen LogP) is 2.57. The summed E-state index contributed by atoms with van der Waals surface area (Å²) in [6.07, 6.45) is 3.16. The number of halogens is 1. The standard InChI is InChI=1S/C11H9ClN4S/c12-8-2-4-10(16-6-8)17-9-3-1-7(5-15-9)11(13)14/h1-6H,(H3,13,14). The van der Waals surface area contributed by atoms with Crippen molar-refractivity contribution in [2.24, 2.45) is 5.73 Å². The van der Waals surface area contributed by atoms with Gasteiger partial charge in [-0.3, -0.25) is 5.41 Å². The molecule has 0 saturated heterocycles. The Morgan fingerprint density at radius 3 is 2.24 bits per heavy atom. The number of hydrogen-bond acceptors (Lipinski definition) is 4. The lowest BCUT2D eigenvalue weighted by Gasteiger charge is -2.01. The highest BCUT2D eigenvalue weighted by Crippen LogP contribution is 2.24. The van der Waals surface area contributed by atoms with Crippen LogP contribution in [0.25, 0.3) is 0 Å². The number of hydrogen-bond donors (Lipinski definition) is 2. The molecular formula is C11H9ClN4S. The van der Waals surface area contributed by atoms with E-state index < -0.39 is 0 Å². The van der Waals surface area contributed by atoms with E-state index in [0.717, 1.165) is 10.1 Å². The lowest BCUT2D eigenvalue weighted by Crippen LogP contribution is -2.10. The van der Waals surface area contributed by atoms with Crippen molar-refractivity contribution < 1.29 is 0 Å². The van der Waals surface area contributed by atoms with Crippen LogP contribution in [0, 0.1) is 5.41 Å². The summed E-state index contributed by atoms with van der Waals surface area (Å²) in [5.41, 5.74) is 5.95. The van der Waals surface area contributed by atoms with Crippen LogP contribution in [0.2, 0.25) is 5.02 Å². The SMILES string of the molecule is N=C(N)c1ccc(Sc2ccc(Cl)cn2)nc1. The summed E-state index contributed by atoms with van der Waals surface area (Å²) in [6.45, 7) is 0. The molecule has 6 heteroatoms. The number of nitrogens with one attached hydrogen (secondary N) is 1. The highest BCUT2D eigenvalue weighted by Gasteiger charge is 2.02. The molecule has 86 valence electrons. The predicted molar refractivity (Wildman–Crippen MR) is 68.6 cm³/mol. The number of nitrogen functional groups attached to an aromatic ring is 1. The number of nitrogens with zero attached hydrogens (tertiary/aromatic N) is 2. The van der Waals surface area contributed by atoms with Crippen LogP contribution in [0.1, 0.15) is 5.56 Å². The average molecular weight is 265 g/mol. The minimum Gasteiger partial charge on any atom is -0.384 e. The van der Waals surface area contributed by atoms with Gasteiger partial charge >= 0.3 is 0 Å². The van der Waals surface area contributed by atoms with E-state index in [-0.39, 0.29) is 5.84 Å². The maximum Gasteiger partial charge on any atom is 0.124 e. The summed E-state index contributed by atoms with van der Waals surface area (Å²) in [6, 6.07) is 7.17. The van der Waals surface area contributed by atoms with Gasteiger partial charge in [-0.05, 0) is 24.3 Å². The minimum absolute atomic E-state index is 0.0127. The van der Waals surface area contributed by atoms with Crippen LogP contribution in [0.5, 0.6) is 0 Å². The number of rotatable bonds is 3. The summed E-state index contributed by atoms with van der Waals surface area (Å²) in [4.78, 5) is 8.34. The minimum atomic E-state index is 0.0127. The molecule has 2 rings (SSSR count). The van der Waals surface area contributed by atoms with Crippen LogP contribution >= 0.6 is 23.4 Å². The third kappa shape index (κ3) is 3.18. The van der Waals surface area contributed by atoms with E-state index in [1.54, 1.807) is 30.6 Å². The number of pyridine rings is 2. The van der Waals surface area contributed by atoms with E-state index in [1.165, 1.54) is 11.8 Å². The molecule has 0 atom stereocenters. The van der Waals surface area contributed by atoms with E-state index in [9.17, 15) is 0 Å². The van der Waals surface area contributed by atoms with Crippen molar-refractivity contribution in [2.45, 2.75) is 10.1 Å². The Kier molecular flexibility index (Phi) is 3.61. The first-order valence-corrected chi connectivity index (χ1v) is 5.94. The maximum atomic E-state index is 7.25. The molecule has 0 fully saturated rings. The zero-order valence-electron chi connectivity index (χ0n) is 8.72. The molecule has 2 aromatic rings. The Morgan fingerprint density at radius 1 is 1.12 bits per heavy atom. The fourth-order valence-corrected chi connectivity index (χ4v) is 1.94. The number of aromatic nitrogens is 2. The van der Waals surface area contributed by atoms with Crippen LogP contribution in [0.3, 0.4) is 0 Å². The molecular weight excluding hydrogens is 256 g/mol. The number of amidine groups is 1. The van der Waals surface area contributed by atoms with Crippen molar-refractivity contribution in [3.63, 3.8) is 0 Å². The van der Waals surface area contributed by atoms with Crippen molar-refractivity contribution >= 4 is 29.2 Å². The molecule has 0 aromatic carbocycles. The smallest absolute Gasteiger partial charge is 0.124 e. The monoisotopic (exact) mass is 264 g/mol. The lowest BCUT2D eigenvalue weighted by atomic mass is 10.3. The first-order valence-electron chi connectivity index (χ1n) is 4.75. The molecule has 0 bridgehead atoms. The average Bonchev–Trinajstić information content (AvgIpc) is 2.33. The third-order valence-electron chi connectivity index (χ3n) is 1.96. The third-order valence-corrected chi connectivity index (χ3v) is 3.08. The van der Waals surface area contributed by atoms with Gasteiger partial charge in [-0.15, -0.1) is 0 Å². The van der Waals surface area contributed by atoms with Gasteiger partial charge in [0.05, 0.1) is 5.02 Å². The molecule has 2 heterocycles. The lowest BCUT2D eigenvalue weighted by molar-refractivity contribution is 1.09. The quantitative estimate of drug-likeness (QED) is 0.660. The topological polar surface area (TPSA) is 75.7 Å². The molecule has 0 spiro atoms. The second-order valence-corrected chi connectivity index (χ2v) is 4.69. The molecule has 0 aliphatic rings. The molecule has 4 nitrogen and oxygen atoms in total. The molecule has 0 aliphatic carbocycles. The van der Waals surface area contributed by atoms with Gasteiger partial charge in [-0.25, -0.2) is 9.97 Å². The molecule has 0 saturated carbocycles. The Bertz CT molecular complexity index is 524. The molecule has 17 heavy (non-hydrogen) atoms. The van der Waals surface area contributed by atoms with Crippen LogP contribution in [-0.4, -0.2) is 15.8 Å². The largest absolute Gasteiger partial charge is 0.384 e. The van der Waals surface area contributed by atoms with Gasteiger partial charge in [0.1, 0.15) is 15.9 Å². The van der Waals surface area contributed by atoms with E-state index in [1.807, 2.05) is 6.07 Å². The number of nitrogens with two attached hydrogens (primary N) is 1. The second kappa shape index (κ2) is 5.16. The van der Waals surface area contributed by atoms with Crippen molar-refractivity contribution in [3.8, 4) is 0 Å². The zero-order chi connectivity index (χ0) is 12.3. The van der Waals surface area contributed by atoms with Crippen LogP contribution in [-0.2, 0) is 0 Å². The highest BCUT2D eigenvalue weighted by atomic mass is 35.5. The molecule has 3 N–H and O–H groups in total. The molecule has 0 aliphatic heterocycles. The fraction of sp³-hybridized carbons (Fsp3) is 0. The molecule has 2 aromatic heterocycles. The van der Waals surface area contributed by atoms with Crippen LogP contribution < -0.4 is 5.73 Å². The van der Waals surface area contributed by atoms with Gasteiger partial charge in [0.2, 0.25) is 0 Å². The Balaban J connectivity index is 2.13. The van der Waals surface area contributed by atoms with Gasteiger partial charge in [0.15, 0.2) is 0 Å². The van der Waals surface area contributed by atoms with Gasteiger partial charge in [0.25, 0.3) is 0 Å². The normalized spacial score (nSPS) is 10.2. The zero-order valence-corrected chi connectivity index (χ0v) is 10.3. The van der Waals surface area contributed by atoms with Gasteiger partial charge < -0.3 is 5.73 Å². The molecule has 0 radical (unpaired) electrons.